The summed E-state index contributed by atoms with van der Waals surface area (Å²) in [5.41, 5.74) is -1.47. The Hall–Kier alpha value is -3.57. The van der Waals surface area contributed by atoms with Crippen LogP contribution in [0.15, 0.2) is 48.7 Å². The van der Waals surface area contributed by atoms with Gasteiger partial charge in [-0.3, -0.25) is 4.79 Å². The van der Waals surface area contributed by atoms with Gasteiger partial charge in [0.2, 0.25) is 11.6 Å². The Labute approximate surface area is 205 Å². The Kier molecular flexibility index (Phi) is 6.48. The quantitative estimate of drug-likeness (QED) is 0.208. The predicted octanol–water partition coefficient (Wildman–Crippen LogP) is 5.35. The number of aromatic nitrogens is 3. The molecule has 2 aromatic heterocycles. The number of hydrogen-bond acceptors (Lipinski definition) is 4. The summed E-state index contributed by atoms with van der Waals surface area (Å²) < 4.78 is 55.9. The number of fused-ring (bicyclic) bond motifs is 1. The minimum atomic E-state index is -4.81. The molecule has 7 nitrogen and oxygen atoms in total. The summed E-state index contributed by atoms with van der Waals surface area (Å²) in [5.74, 6) is -1.70. The third kappa shape index (κ3) is 4.82. The molecular weight excluding hydrogens is 513 g/mol. The van der Waals surface area contributed by atoms with Gasteiger partial charge in [-0.1, -0.05) is 29.3 Å². The van der Waals surface area contributed by atoms with E-state index in [2.05, 4.69) is 15.6 Å². The van der Waals surface area contributed by atoms with Gasteiger partial charge < -0.3 is 20.4 Å². The minimum Gasteiger partial charge on any atom is -0.618 e. The number of imidazole rings is 1. The lowest BCUT2D eigenvalue weighted by Gasteiger charge is -2.13. The van der Waals surface area contributed by atoms with Gasteiger partial charge in [-0.25, -0.2) is 9.37 Å². The lowest BCUT2D eigenvalue weighted by Crippen LogP contribution is -2.38. The average Bonchev–Trinajstić information content (AvgIpc) is 3.08. The first-order chi connectivity index (χ1) is 16.5. The Bertz CT molecular complexity index is 1440. The molecule has 35 heavy (non-hydrogen) atoms. The topological polar surface area (TPSA) is 85.9 Å². The number of pyridine rings is 1. The summed E-state index contributed by atoms with van der Waals surface area (Å²) in [4.78, 5) is 16.9. The van der Waals surface area contributed by atoms with Crippen molar-refractivity contribution in [2.75, 3.05) is 5.32 Å². The molecule has 182 valence electrons. The van der Waals surface area contributed by atoms with E-state index in [1.807, 2.05) is 0 Å². The van der Waals surface area contributed by atoms with Crippen LogP contribution in [0.4, 0.5) is 29.2 Å². The van der Waals surface area contributed by atoms with Gasteiger partial charge in [0.05, 0.1) is 32.3 Å². The van der Waals surface area contributed by atoms with Crippen molar-refractivity contribution in [2.24, 2.45) is 7.05 Å². The fourth-order valence-corrected chi connectivity index (χ4v) is 3.93. The molecule has 1 amide bonds. The van der Waals surface area contributed by atoms with E-state index >= 15 is 0 Å². The molecule has 0 saturated carbocycles. The first kappa shape index (κ1) is 24.6. The number of hydrogen-bond donors (Lipinski definition) is 2. The summed E-state index contributed by atoms with van der Waals surface area (Å²) >= 11 is 12.3. The zero-order valence-electron chi connectivity index (χ0n) is 17.8. The van der Waals surface area contributed by atoms with E-state index in [9.17, 15) is 27.6 Å². The number of rotatable bonds is 5. The summed E-state index contributed by atoms with van der Waals surface area (Å²) in [5, 5.41) is 17.6. The second-order valence-electron chi connectivity index (χ2n) is 7.41. The molecule has 2 N–H and O–H groups in total. The van der Waals surface area contributed by atoms with Crippen molar-refractivity contribution in [1.82, 2.24) is 14.9 Å². The normalized spacial score (nSPS) is 11.6. The van der Waals surface area contributed by atoms with Crippen LogP contribution in [0.5, 0.6) is 0 Å². The molecule has 0 fully saturated rings. The summed E-state index contributed by atoms with van der Waals surface area (Å²) in [7, 11) is 1.60. The lowest BCUT2D eigenvalue weighted by atomic mass is 10.1. The van der Waals surface area contributed by atoms with E-state index < -0.39 is 41.3 Å². The summed E-state index contributed by atoms with van der Waals surface area (Å²) in [6.07, 6.45) is -3.93. The van der Waals surface area contributed by atoms with Gasteiger partial charge in [0.15, 0.2) is 6.20 Å². The first-order valence-electron chi connectivity index (χ1n) is 9.91. The highest BCUT2D eigenvalue weighted by Crippen LogP contribution is 2.33. The lowest BCUT2D eigenvalue weighted by molar-refractivity contribution is -0.615. The van der Waals surface area contributed by atoms with Gasteiger partial charge in [-0.05, 0) is 24.3 Å². The number of carbonyl (C=O) groups is 1. The largest absolute Gasteiger partial charge is 0.618 e. The Balaban J connectivity index is 1.62. The van der Waals surface area contributed by atoms with Gasteiger partial charge >= 0.3 is 6.18 Å². The monoisotopic (exact) mass is 527 g/mol. The number of alkyl halides is 3. The van der Waals surface area contributed by atoms with Crippen molar-refractivity contribution in [3.8, 4) is 0 Å². The first-order valence-corrected chi connectivity index (χ1v) is 10.7. The number of aryl methyl sites for hydroxylation is 1. The molecular formula is C22H15Cl2F4N5O2. The Morgan fingerprint density at radius 2 is 1.86 bits per heavy atom. The molecule has 4 rings (SSSR count). The van der Waals surface area contributed by atoms with Crippen molar-refractivity contribution in [2.45, 2.75) is 12.7 Å². The molecule has 0 saturated heterocycles. The van der Waals surface area contributed by atoms with Crippen LogP contribution in [-0.2, 0) is 19.8 Å². The Morgan fingerprint density at radius 1 is 1.17 bits per heavy atom. The Morgan fingerprint density at radius 3 is 2.51 bits per heavy atom. The smallest absolute Gasteiger partial charge is 0.422 e. The van der Waals surface area contributed by atoms with Crippen LogP contribution in [0, 0.1) is 11.0 Å². The molecule has 2 heterocycles. The summed E-state index contributed by atoms with van der Waals surface area (Å²) in [6, 6.07) is 8.76. The van der Waals surface area contributed by atoms with Gasteiger partial charge in [-0.2, -0.15) is 17.9 Å². The van der Waals surface area contributed by atoms with E-state index in [0.29, 0.717) is 21.2 Å². The van der Waals surface area contributed by atoms with Crippen LogP contribution in [0.2, 0.25) is 10.0 Å². The van der Waals surface area contributed by atoms with Gasteiger partial charge in [-0.15, -0.1) is 0 Å². The van der Waals surface area contributed by atoms with Crippen molar-refractivity contribution >= 4 is 51.8 Å². The number of anilines is 2. The minimum absolute atomic E-state index is 0.000796. The molecule has 0 bridgehead atoms. The molecule has 0 aliphatic carbocycles. The van der Waals surface area contributed by atoms with E-state index in [0.717, 1.165) is 30.5 Å². The molecule has 2 aromatic carbocycles. The van der Waals surface area contributed by atoms with Crippen molar-refractivity contribution in [3.05, 3.63) is 86.6 Å². The van der Waals surface area contributed by atoms with Crippen LogP contribution in [0.3, 0.4) is 0 Å². The fraction of sp³-hybridized carbons (Fsp3) is 0.136. The average molecular weight is 528 g/mol. The van der Waals surface area contributed by atoms with E-state index in [1.165, 1.54) is 4.57 Å². The number of carbonyl (C=O) groups excluding carboxylic acids is 1. The number of benzene rings is 2. The van der Waals surface area contributed by atoms with Crippen molar-refractivity contribution in [1.29, 1.82) is 0 Å². The standard InChI is InChI=1S/C22H15Cl2F4N5O2/c1-32-17-9-15(25)11(8-16(17)30-21(32)31-19-13(23)5-2-6-14(19)24)20(34)29-10-18-12(22(26,27)28)4-3-7-33(18)35/h2-9H,10H2,1H3,(H,29,34)(H,30,31). The van der Waals surface area contributed by atoms with E-state index in [1.54, 1.807) is 25.2 Å². The van der Waals surface area contributed by atoms with E-state index in [-0.39, 0.29) is 16.2 Å². The zero-order chi connectivity index (χ0) is 25.5. The predicted molar refractivity (Wildman–Crippen MR) is 122 cm³/mol. The van der Waals surface area contributed by atoms with Crippen molar-refractivity contribution < 1.29 is 27.1 Å². The highest BCUT2D eigenvalue weighted by atomic mass is 35.5. The second kappa shape index (κ2) is 9.23. The third-order valence-corrected chi connectivity index (χ3v) is 5.83. The number of para-hydroxylation sites is 1. The maximum Gasteiger partial charge on any atom is 0.422 e. The van der Waals surface area contributed by atoms with Gasteiger partial charge in [0.1, 0.15) is 17.9 Å². The molecule has 4 aromatic rings. The van der Waals surface area contributed by atoms with Crippen LogP contribution >= 0.6 is 23.2 Å². The maximum atomic E-state index is 14.8. The number of amides is 1. The van der Waals surface area contributed by atoms with Crippen LogP contribution in [-0.4, -0.2) is 15.5 Å². The maximum absolute atomic E-state index is 14.8. The molecule has 0 atom stereocenters. The number of halogens is 6. The van der Waals surface area contributed by atoms with Crippen LogP contribution in [0.1, 0.15) is 21.6 Å². The van der Waals surface area contributed by atoms with E-state index in [4.69, 9.17) is 23.2 Å². The highest BCUT2D eigenvalue weighted by molar-refractivity contribution is 6.39. The second-order valence-corrected chi connectivity index (χ2v) is 8.23. The van der Waals surface area contributed by atoms with Gasteiger partial charge in [0.25, 0.3) is 5.91 Å². The molecule has 0 aliphatic heterocycles. The SMILES string of the molecule is Cn1c(Nc2c(Cl)cccc2Cl)nc2cc(C(=O)NCc3c(C(F)(F)F)ccc[n+]3[O-])c(F)cc21. The fourth-order valence-electron chi connectivity index (χ4n) is 3.44. The van der Waals surface area contributed by atoms with Crippen LogP contribution in [0.25, 0.3) is 11.0 Å². The molecule has 0 spiro atoms. The number of nitrogens with zero attached hydrogens (tertiary/aromatic N) is 3. The van der Waals surface area contributed by atoms with Crippen molar-refractivity contribution in [3.63, 3.8) is 0 Å². The molecule has 0 radical (unpaired) electrons. The zero-order valence-corrected chi connectivity index (χ0v) is 19.3. The van der Waals surface area contributed by atoms with Crippen LogP contribution < -0.4 is 15.4 Å². The van der Waals surface area contributed by atoms with Gasteiger partial charge in [0, 0.05) is 19.2 Å². The third-order valence-electron chi connectivity index (χ3n) is 5.20. The molecule has 0 unspecified atom stereocenters. The summed E-state index contributed by atoms with van der Waals surface area (Å²) in [6.45, 7) is -0.768. The highest BCUT2D eigenvalue weighted by Gasteiger charge is 2.37. The molecule has 13 heteroatoms. The number of nitrogens with one attached hydrogen (secondary N) is 2. The molecule has 0 aliphatic rings.